The van der Waals surface area contributed by atoms with Gasteiger partial charge in [-0.25, -0.2) is 0 Å². The number of hydrogen-bond acceptors (Lipinski definition) is 2. The summed E-state index contributed by atoms with van der Waals surface area (Å²) in [7, 11) is 0. The average molecular weight is 247 g/mol. The Labute approximate surface area is 97.5 Å². The Bertz CT molecular complexity index is 420. The molecule has 2 nitrogen and oxygen atoms in total. The topological polar surface area (TPSA) is 40.1 Å². The monoisotopic (exact) mass is 247 g/mol. The number of carbonyl (C=O) groups excluding carboxylic acids is 1. The predicted molar refractivity (Wildman–Crippen MR) is 52.7 cm³/mol. The minimum Gasteiger partial charge on any atom is -0.869 e. The summed E-state index contributed by atoms with van der Waals surface area (Å²) in [6.07, 6.45) is -3.88. The molecule has 2 aliphatic carbocycles. The highest BCUT2D eigenvalue weighted by Gasteiger charge is 2.64. The lowest BCUT2D eigenvalue weighted by atomic mass is 9.70. The summed E-state index contributed by atoms with van der Waals surface area (Å²) in [6, 6.07) is 0. The second kappa shape index (κ2) is 3.06. The van der Waals surface area contributed by atoms with Gasteiger partial charge in [0.1, 0.15) is 0 Å². The van der Waals surface area contributed by atoms with E-state index in [0.717, 1.165) is 0 Å². The van der Waals surface area contributed by atoms with Crippen LogP contribution in [0.25, 0.3) is 0 Å². The van der Waals surface area contributed by atoms with E-state index in [1.807, 2.05) is 0 Å². The van der Waals surface area contributed by atoms with E-state index < -0.39 is 40.0 Å². The Morgan fingerprint density at radius 2 is 1.88 bits per heavy atom. The molecule has 2 fully saturated rings. The van der Waals surface area contributed by atoms with E-state index >= 15 is 0 Å². The highest BCUT2D eigenvalue weighted by Crippen LogP contribution is 2.66. The van der Waals surface area contributed by atoms with Crippen molar-refractivity contribution in [3.8, 4) is 0 Å². The minimum absolute atomic E-state index is 0.492. The molecule has 0 heterocycles. The molecule has 2 atom stereocenters. The number of carbonyl (C=O) groups is 1. The highest BCUT2D eigenvalue weighted by atomic mass is 19.4. The molecule has 0 aliphatic heterocycles. The second-order valence-electron chi connectivity index (χ2n) is 5.71. The Morgan fingerprint density at radius 3 is 2.24 bits per heavy atom. The first-order chi connectivity index (χ1) is 7.53. The quantitative estimate of drug-likeness (QED) is 0.486. The number of halogens is 3. The molecule has 2 aliphatic rings. The van der Waals surface area contributed by atoms with Crippen molar-refractivity contribution in [1.29, 1.82) is 0 Å². The number of allylic oxidation sites excluding steroid dienone is 2. The first-order valence-corrected chi connectivity index (χ1v) is 5.56. The van der Waals surface area contributed by atoms with Gasteiger partial charge in [0.05, 0.1) is 0 Å². The maximum absolute atomic E-state index is 12.5. The minimum atomic E-state index is -4.94. The lowest BCUT2D eigenvalue weighted by Crippen LogP contribution is -2.34. The van der Waals surface area contributed by atoms with Crippen molar-refractivity contribution in [3.05, 3.63) is 11.3 Å². The van der Waals surface area contributed by atoms with Crippen LogP contribution in [0.2, 0.25) is 0 Å². The van der Waals surface area contributed by atoms with Gasteiger partial charge in [-0.15, -0.1) is 0 Å². The third-order valence-electron chi connectivity index (χ3n) is 4.82. The van der Waals surface area contributed by atoms with Crippen molar-refractivity contribution >= 4 is 5.78 Å². The van der Waals surface area contributed by atoms with E-state index in [2.05, 4.69) is 0 Å². The molecule has 0 aromatic rings. The lowest BCUT2D eigenvalue weighted by molar-refractivity contribution is -0.362. The fourth-order valence-electron chi connectivity index (χ4n) is 3.28. The molecule has 0 aromatic carbocycles. The second-order valence-corrected chi connectivity index (χ2v) is 5.71. The van der Waals surface area contributed by atoms with Crippen molar-refractivity contribution in [2.45, 2.75) is 39.8 Å². The Morgan fingerprint density at radius 1 is 1.35 bits per heavy atom. The summed E-state index contributed by atoms with van der Waals surface area (Å²) in [5.74, 6) is -3.08. The van der Waals surface area contributed by atoms with E-state index in [1.165, 1.54) is 0 Å². The first kappa shape index (κ1) is 12.5. The summed E-state index contributed by atoms with van der Waals surface area (Å²) in [4.78, 5) is 12.0. The molecule has 0 unspecified atom stereocenters. The first-order valence-electron chi connectivity index (χ1n) is 5.56. The Kier molecular flexibility index (Phi) is 2.24. The van der Waals surface area contributed by atoms with E-state index in [-0.39, 0.29) is 0 Å². The molecule has 96 valence electrons. The van der Waals surface area contributed by atoms with Crippen LogP contribution in [0, 0.1) is 16.7 Å². The molecule has 0 spiro atoms. The molecule has 17 heavy (non-hydrogen) atoms. The van der Waals surface area contributed by atoms with Crippen molar-refractivity contribution in [1.82, 2.24) is 0 Å². The largest absolute Gasteiger partial charge is 0.869 e. The molecule has 0 radical (unpaired) electrons. The number of Topliss-reactive ketones (excluding diaryl/α,β-unsaturated/α-hetero) is 1. The van der Waals surface area contributed by atoms with Crippen LogP contribution in [0.5, 0.6) is 0 Å². The SMILES string of the molecule is CC1(C)[C@@H]2CC[C@@]1(C)C(=O)/C2=C(\[O-])C(F)(F)F. The van der Waals surface area contributed by atoms with Crippen LogP contribution in [-0.2, 0) is 4.79 Å². The number of fused-ring (bicyclic) bond motifs is 2. The summed E-state index contributed by atoms with van der Waals surface area (Å²) >= 11 is 0. The number of rotatable bonds is 0. The van der Waals surface area contributed by atoms with Gasteiger partial charge < -0.3 is 5.11 Å². The zero-order valence-corrected chi connectivity index (χ0v) is 9.94. The highest BCUT2D eigenvalue weighted by molar-refractivity contribution is 6.05. The van der Waals surface area contributed by atoms with Crippen LogP contribution < -0.4 is 5.11 Å². The number of ketones is 1. The molecule has 0 N–H and O–H groups in total. The summed E-state index contributed by atoms with van der Waals surface area (Å²) < 4.78 is 37.4. The molecule has 0 amide bonds. The molecule has 2 bridgehead atoms. The van der Waals surface area contributed by atoms with Gasteiger partial charge in [-0.3, -0.25) is 4.79 Å². The van der Waals surface area contributed by atoms with E-state index in [9.17, 15) is 23.1 Å². The van der Waals surface area contributed by atoms with Crippen molar-refractivity contribution in [2.75, 3.05) is 0 Å². The van der Waals surface area contributed by atoms with Crippen molar-refractivity contribution < 1.29 is 23.1 Å². The van der Waals surface area contributed by atoms with Crippen LogP contribution in [0.3, 0.4) is 0 Å². The van der Waals surface area contributed by atoms with Gasteiger partial charge in [0.15, 0.2) is 5.78 Å². The molecule has 2 rings (SSSR count). The van der Waals surface area contributed by atoms with E-state index in [0.29, 0.717) is 12.8 Å². The van der Waals surface area contributed by atoms with E-state index in [1.54, 1.807) is 20.8 Å². The van der Waals surface area contributed by atoms with Gasteiger partial charge in [0.2, 0.25) is 0 Å². The van der Waals surface area contributed by atoms with Crippen LogP contribution >= 0.6 is 0 Å². The predicted octanol–water partition coefficient (Wildman–Crippen LogP) is 2.19. The van der Waals surface area contributed by atoms with Gasteiger partial charge in [0, 0.05) is 5.41 Å². The molecule has 2 saturated carbocycles. The van der Waals surface area contributed by atoms with Crippen LogP contribution in [0.15, 0.2) is 11.3 Å². The number of alkyl halides is 3. The zero-order chi connectivity index (χ0) is 13.2. The molecular formula is C12H14F3O2-. The van der Waals surface area contributed by atoms with Gasteiger partial charge in [-0.1, -0.05) is 20.8 Å². The van der Waals surface area contributed by atoms with E-state index in [4.69, 9.17) is 0 Å². The van der Waals surface area contributed by atoms with Crippen molar-refractivity contribution in [2.24, 2.45) is 16.7 Å². The fourth-order valence-corrected chi connectivity index (χ4v) is 3.28. The molecule has 0 aromatic heterocycles. The molecular weight excluding hydrogens is 233 g/mol. The standard InChI is InChI=1S/C12H15F3O2/c1-10(2)6-4-5-11(10,3)8(16)7(6)9(17)12(13,14)15/h6,17H,4-5H2,1-3H3/p-1/b9-7-/t6-,11+/m1/s1. The Balaban J connectivity index is 2.60. The van der Waals surface area contributed by atoms with Gasteiger partial charge >= 0.3 is 6.18 Å². The third-order valence-corrected chi connectivity index (χ3v) is 4.82. The summed E-state index contributed by atoms with van der Waals surface area (Å²) in [5.41, 5.74) is -1.88. The van der Waals surface area contributed by atoms with Crippen molar-refractivity contribution in [3.63, 3.8) is 0 Å². The summed E-state index contributed by atoms with van der Waals surface area (Å²) in [5, 5.41) is 11.3. The maximum Gasteiger partial charge on any atom is 0.402 e. The molecule has 5 heteroatoms. The van der Waals surface area contributed by atoms with Crippen LogP contribution in [0.4, 0.5) is 13.2 Å². The van der Waals surface area contributed by atoms with Crippen LogP contribution in [-0.4, -0.2) is 12.0 Å². The lowest BCUT2D eigenvalue weighted by Gasteiger charge is -2.31. The molecule has 0 saturated heterocycles. The summed E-state index contributed by atoms with van der Waals surface area (Å²) in [6.45, 7) is 5.23. The van der Waals surface area contributed by atoms with Gasteiger partial charge in [-0.05, 0) is 35.5 Å². The smallest absolute Gasteiger partial charge is 0.402 e. The Hall–Kier alpha value is -1.00. The fraction of sp³-hybridized carbons (Fsp3) is 0.750. The normalized spacial score (nSPS) is 38.7. The zero-order valence-electron chi connectivity index (χ0n) is 9.94. The maximum atomic E-state index is 12.5. The number of hydrogen-bond donors (Lipinski definition) is 0. The van der Waals surface area contributed by atoms with Gasteiger partial charge in [-0.2, -0.15) is 13.2 Å². The van der Waals surface area contributed by atoms with Gasteiger partial charge in [0.25, 0.3) is 0 Å². The third kappa shape index (κ3) is 1.31. The van der Waals surface area contributed by atoms with Crippen LogP contribution in [0.1, 0.15) is 33.6 Å². The average Bonchev–Trinajstić information content (AvgIpc) is 2.47.